The summed E-state index contributed by atoms with van der Waals surface area (Å²) in [5.41, 5.74) is 10.9. The maximum absolute atomic E-state index is 12.2. The van der Waals surface area contributed by atoms with E-state index in [2.05, 4.69) is 10.6 Å². The number of aliphatic hydroxyl groups is 1. The number of aliphatic carboxylic acids is 1. The van der Waals surface area contributed by atoms with E-state index in [9.17, 15) is 24.3 Å². The number of carboxylic acids is 1. The molecule has 0 aromatic carbocycles. The van der Waals surface area contributed by atoms with Gasteiger partial charge in [0.2, 0.25) is 17.7 Å². The maximum Gasteiger partial charge on any atom is 0.303 e. The summed E-state index contributed by atoms with van der Waals surface area (Å²) in [5.74, 6) is -3.37. The minimum atomic E-state index is -1.35. The third kappa shape index (κ3) is 9.01. The standard InChI is InChI=1S/C15H28N4O6/c1-7(2)6-9(16)14(24)19-12(8(3)20)15(25)18-10(13(17)23)4-5-11(21)22/h7-10,12,20H,4-6,16H2,1-3H3,(H2,17,23)(H,18,25)(H,19,24)(H,21,22)/t8-,9+,10+,12+/m1/s1. The van der Waals surface area contributed by atoms with Crippen LogP contribution in [0.15, 0.2) is 0 Å². The van der Waals surface area contributed by atoms with Crippen LogP contribution in [0.2, 0.25) is 0 Å². The highest BCUT2D eigenvalue weighted by atomic mass is 16.4. The van der Waals surface area contributed by atoms with Crippen molar-refractivity contribution in [2.24, 2.45) is 17.4 Å². The molecule has 0 aliphatic rings. The zero-order chi connectivity index (χ0) is 19.7. The van der Waals surface area contributed by atoms with Crippen LogP contribution in [-0.2, 0) is 19.2 Å². The van der Waals surface area contributed by atoms with Crippen molar-refractivity contribution in [3.8, 4) is 0 Å². The van der Waals surface area contributed by atoms with E-state index in [-0.39, 0.29) is 18.8 Å². The number of carbonyl (C=O) groups excluding carboxylic acids is 3. The summed E-state index contributed by atoms with van der Waals surface area (Å²) in [4.78, 5) is 46.2. The van der Waals surface area contributed by atoms with Crippen molar-refractivity contribution in [1.82, 2.24) is 10.6 Å². The second-order valence-corrected chi connectivity index (χ2v) is 6.36. The maximum atomic E-state index is 12.2. The summed E-state index contributed by atoms with van der Waals surface area (Å²) < 4.78 is 0. The lowest BCUT2D eigenvalue weighted by atomic mass is 10.0. The van der Waals surface area contributed by atoms with Crippen LogP contribution < -0.4 is 22.1 Å². The molecule has 0 unspecified atom stereocenters. The monoisotopic (exact) mass is 360 g/mol. The Labute approximate surface area is 146 Å². The zero-order valence-corrected chi connectivity index (χ0v) is 14.7. The smallest absolute Gasteiger partial charge is 0.303 e. The van der Waals surface area contributed by atoms with Crippen molar-refractivity contribution in [3.05, 3.63) is 0 Å². The normalized spacial score (nSPS) is 15.8. The number of primary amides is 1. The van der Waals surface area contributed by atoms with Gasteiger partial charge in [-0.15, -0.1) is 0 Å². The molecule has 0 bridgehead atoms. The molecule has 0 aromatic heterocycles. The average molecular weight is 360 g/mol. The molecule has 8 N–H and O–H groups in total. The number of nitrogens with two attached hydrogens (primary N) is 2. The van der Waals surface area contributed by atoms with Crippen LogP contribution in [0.5, 0.6) is 0 Å². The van der Waals surface area contributed by atoms with E-state index in [1.165, 1.54) is 6.92 Å². The molecule has 4 atom stereocenters. The van der Waals surface area contributed by atoms with Crippen molar-refractivity contribution in [3.63, 3.8) is 0 Å². The van der Waals surface area contributed by atoms with Crippen molar-refractivity contribution in [2.45, 2.75) is 64.3 Å². The van der Waals surface area contributed by atoms with Gasteiger partial charge in [-0.2, -0.15) is 0 Å². The Kier molecular flexibility index (Phi) is 9.69. The molecule has 0 saturated heterocycles. The first-order valence-electron chi connectivity index (χ1n) is 8.01. The first-order chi connectivity index (χ1) is 11.5. The Bertz CT molecular complexity index is 494. The quantitative estimate of drug-likeness (QED) is 0.247. The van der Waals surface area contributed by atoms with Crippen molar-refractivity contribution >= 4 is 23.7 Å². The van der Waals surface area contributed by atoms with Gasteiger partial charge in [-0.1, -0.05) is 13.8 Å². The number of nitrogens with one attached hydrogen (secondary N) is 2. The molecule has 3 amide bonds. The molecule has 0 fully saturated rings. The summed E-state index contributed by atoms with van der Waals surface area (Å²) in [6.45, 7) is 5.05. The Balaban J connectivity index is 4.94. The minimum absolute atomic E-state index is 0.162. The summed E-state index contributed by atoms with van der Waals surface area (Å²) in [6, 6.07) is -3.43. The highest BCUT2D eigenvalue weighted by molar-refractivity contribution is 5.93. The van der Waals surface area contributed by atoms with Gasteiger partial charge in [-0.3, -0.25) is 19.2 Å². The topological polar surface area (TPSA) is 185 Å². The van der Waals surface area contributed by atoms with Gasteiger partial charge in [0.25, 0.3) is 0 Å². The van der Waals surface area contributed by atoms with Crippen LogP contribution in [-0.4, -0.2) is 58.1 Å². The van der Waals surface area contributed by atoms with E-state index in [0.29, 0.717) is 6.42 Å². The highest BCUT2D eigenvalue weighted by Gasteiger charge is 2.30. The van der Waals surface area contributed by atoms with Crippen LogP contribution in [0.4, 0.5) is 0 Å². The molecular formula is C15H28N4O6. The lowest BCUT2D eigenvalue weighted by molar-refractivity contribution is -0.138. The summed E-state index contributed by atoms with van der Waals surface area (Å²) >= 11 is 0. The minimum Gasteiger partial charge on any atom is -0.481 e. The number of aliphatic hydroxyl groups excluding tert-OH is 1. The molecule has 0 aliphatic carbocycles. The van der Waals surface area contributed by atoms with Gasteiger partial charge in [0.05, 0.1) is 12.1 Å². The third-order valence-corrected chi connectivity index (χ3v) is 3.43. The van der Waals surface area contributed by atoms with E-state index in [1.807, 2.05) is 13.8 Å². The van der Waals surface area contributed by atoms with Crippen LogP contribution in [0.1, 0.15) is 40.0 Å². The molecule has 0 radical (unpaired) electrons. The molecule has 0 aliphatic heterocycles. The molecular weight excluding hydrogens is 332 g/mol. The van der Waals surface area contributed by atoms with Crippen LogP contribution in [0, 0.1) is 5.92 Å². The largest absolute Gasteiger partial charge is 0.481 e. The Morgan fingerprint density at radius 3 is 2.00 bits per heavy atom. The average Bonchev–Trinajstić information content (AvgIpc) is 2.46. The number of hydrogen-bond donors (Lipinski definition) is 6. The second kappa shape index (κ2) is 10.6. The van der Waals surface area contributed by atoms with E-state index < -0.39 is 47.9 Å². The number of amides is 3. The Morgan fingerprint density at radius 1 is 1.04 bits per heavy atom. The van der Waals surface area contributed by atoms with Gasteiger partial charge < -0.3 is 32.3 Å². The number of carbonyl (C=O) groups is 4. The van der Waals surface area contributed by atoms with Gasteiger partial charge in [0.1, 0.15) is 12.1 Å². The molecule has 10 heteroatoms. The predicted molar refractivity (Wildman–Crippen MR) is 89.0 cm³/mol. The van der Waals surface area contributed by atoms with Gasteiger partial charge in [0, 0.05) is 6.42 Å². The van der Waals surface area contributed by atoms with Gasteiger partial charge in [-0.25, -0.2) is 0 Å². The van der Waals surface area contributed by atoms with E-state index in [4.69, 9.17) is 16.6 Å². The fourth-order valence-corrected chi connectivity index (χ4v) is 2.10. The number of rotatable bonds is 11. The fraction of sp³-hybridized carbons (Fsp3) is 0.733. The van der Waals surface area contributed by atoms with Gasteiger partial charge >= 0.3 is 5.97 Å². The number of hydrogen-bond acceptors (Lipinski definition) is 6. The van der Waals surface area contributed by atoms with E-state index in [1.54, 1.807) is 0 Å². The summed E-state index contributed by atoms with van der Waals surface area (Å²) in [7, 11) is 0. The Hall–Kier alpha value is -2.20. The van der Waals surface area contributed by atoms with Crippen molar-refractivity contribution < 1.29 is 29.4 Å². The zero-order valence-electron chi connectivity index (χ0n) is 14.7. The van der Waals surface area contributed by atoms with Crippen LogP contribution in [0.25, 0.3) is 0 Å². The lowest BCUT2D eigenvalue weighted by Crippen LogP contribution is -2.58. The van der Waals surface area contributed by atoms with Crippen molar-refractivity contribution in [1.29, 1.82) is 0 Å². The van der Waals surface area contributed by atoms with E-state index >= 15 is 0 Å². The van der Waals surface area contributed by atoms with Crippen LogP contribution >= 0.6 is 0 Å². The predicted octanol–water partition coefficient (Wildman–Crippen LogP) is -1.94. The molecule has 0 saturated carbocycles. The lowest BCUT2D eigenvalue weighted by Gasteiger charge is -2.25. The second-order valence-electron chi connectivity index (χ2n) is 6.36. The van der Waals surface area contributed by atoms with Gasteiger partial charge in [-0.05, 0) is 25.7 Å². The molecule has 10 nitrogen and oxygen atoms in total. The molecule has 0 aromatic rings. The first kappa shape index (κ1) is 22.8. The first-order valence-corrected chi connectivity index (χ1v) is 8.01. The fourth-order valence-electron chi connectivity index (χ4n) is 2.10. The van der Waals surface area contributed by atoms with Gasteiger partial charge in [0.15, 0.2) is 0 Å². The molecule has 0 heterocycles. The summed E-state index contributed by atoms with van der Waals surface area (Å²) in [6.07, 6.45) is -1.45. The molecule has 0 spiro atoms. The van der Waals surface area contributed by atoms with Crippen molar-refractivity contribution in [2.75, 3.05) is 0 Å². The van der Waals surface area contributed by atoms with Crippen LogP contribution in [0.3, 0.4) is 0 Å². The summed E-state index contributed by atoms with van der Waals surface area (Å²) in [5, 5.41) is 23.0. The SMILES string of the molecule is CC(C)C[C@H](N)C(=O)N[C@H](C(=O)N[C@@H](CCC(=O)O)C(N)=O)[C@@H](C)O. The van der Waals surface area contributed by atoms with E-state index in [0.717, 1.165) is 0 Å². The third-order valence-electron chi connectivity index (χ3n) is 3.43. The molecule has 0 rings (SSSR count). The molecule has 144 valence electrons. The highest BCUT2D eigenvalue weighted by Crippen LogP contribution is 2.05. The Morgan fingerprint density at radius 2 is 1.60 bits per heavy atom. The number of carboxylic acid groups (broad SMARTS) is 1. The molecule has 25 heavy (non-hydrogen) atoms.